The fourth-order valence-corrected chi connectivity index (χ4v) is 3.28. The summed E-state index contributed by atoms with van der Waals surface area (Å²) in [5.74, 6) is -0.237. The van der Waals surface area contributed by atoms with Crippen molar-refractivity contribution in [2.75, 3.05) is 85.9 Å². The first-order valence-corrected chi connectivity index (χ1v) is 13.9. The SMILES string of the molecule is CCCCCCCCCCCCOCCOCCOCCOCCOCCOCCC(=O)OCC. The van der Waals surface area contributed by atoms with Gasteiger partial charge in [0.25, 0.3) is 0 Å². The van der Waals surface area contributed by atoms with Crippen LogP contribution in [0.2, 0.25) is 0 Å². The summed E-state index contributed by atoms with van der Waals surface area (Å²) in [4.78, 5) is 11.1. The topological polar surface area (TPSA) is 81.7 Å². The second kappa shape index (κ2) is 31.3. The van der Waals surface area contributed by atoms with Crippen LogP contribution in [-0.2, 0) is 38.0 Å². The van der Waals surface area contributed by atoms with Gasteiger partial charge in [0.05, 0.1) is 85.7 Å². The molecular weight excluding hydrogens is 452 g/mol. The number of hydrogen-bond acceptors (Lipinski definition) is 8. The van der Waals surface area contributed by atoms with Crippen molar-refractivity contribution < 1.29 is 38.0 Å². The highest BCUT2D eigenvalue weighted by Crippen LogP contribution is 2.10. The molecule has 0 amide bonds. The lowest BCUT2D eigenvalue weighted by molar-refractivity contribution is -0.144. The van der Waals surface area contributed by atoms with Crippen LogP contribution in [0.4, 0.5) is 0 Å². The molecule has 0 radical (unpaired) electrons. The van der Waals surface area contributed by atoms with Crippen LogP contribution in [0.3, 0.4) is 0 Å². The second-order valence-electron chi connectivity index (χ2n) is 8.41. The molecule has 8 heteroatoms. The summed E-state index contributed by atoms with van der Waals surface area (Å²) < 4.78 is 37.5. The molecule has 0 rings (SSSR count). The van der Waals surface area contributed by atoms with Gasteiger partial charge >= 0.3 is 5.97 Å². The van der Waals surface area contributed by atoms with Crippen molar-refractivity contribution in [1.82, 2.24) is 0 Å². The molecule has 0 N–H and O–H groups in total. The molecule has 0 aliphatic heterocycles. The summed E-state index contributed by atoms with van der Waals surface area (Å²) in [5, 5.41) is 0. The summed E-state index contributed by atoms with van der Waals surface area (Å²) in [6, 6.07) is 0. The molecule has 35 heavy (non-hydrogen) atoms. The summed E-state index contributed by atoms with van der Waals surface area (Å²) in [6.45, 7) is 11.0. The molecule has 0 saturated carbocycles. The molecule has 0 unspecified atom stereocenters. The number of hydrogen-bond donors (Lipinski definition) is 0. The molecule has 0 aromatic rings. The van der Waals surface area contributed by atoms with Crippen LogP contribution >= 0.6 is 0 Å². The van der Waals surface area contributed by atoms with Crippen molar-refractivity contribution in [3.63, 3.8) is 0 Å². The van der Waals surface area contributed by atoms with Crippen molar-refractivity contribution in [3.8, 4) is 0 Å². The summed E-state index contributed by atoms with van der Waals surface area (Å²) in [7, 11) is 0. The Labute approximate surface area is 214 Å². The van der Waals surface area contributed by atoms with Crippen LogP contribution in [0.25, 0.3) is 0 Å². The fraction of sp³-hybridized carbons (Fsp3) is 0.963. The number of ether oxygens (including phenoxy) is 7. The van der Waals surface area contributed by atoms with Gasteiger partial charge in [0.15, 0.2) is 0 Å². The largest absolute Gasteiger partial charge is 0.466 e. The van der Waals surface area contributed by atoms with Gasteiger partial charge in [-0.2, -0.15) is 0 Å². The van der Waals surface area contributed by atoms with Gasteiger partial charge in [-0.1, -0.05) is 64.7 Å². The van der Waals surface area contributed by atoms with Gasteiger partial charge in [0, 0.05) is 6.61 Å². The molecule has 0 spiro atoms. The minimum Gasteiger partial charge on any atom is -0.466 e. The Bertz CT molecular complexity index is 409. The molecule has 0 fully saturated rings. The lowest BCUT2D eigenvalue weighted by Crippen LogP contribution is -2.14. The van der Waals surface area contributed by atoms with Crippen molar-refractivity contribution in [3.05, 3.63) is 0 Å². The lowest BCUT2D eigenvalue weighted by atomic mass is 10.1. The third-order valence-corrected chi connectivity index (χ3v) is 5.26. The van der Waals surface area contributed by atoms with Gasteiger partial charge in [-0.15, -0.1) is 0 Å². The third kappa shape index (κ3) is 31.2. The number of esters is 1. The molecule has 0 heterocycles. The first-order chi connectivity index (χ1) is 17.3. The average Bonchev–Trinajstić information content (AvgIpc) is 2.86. The van der Waals surface area contributed by atoms with Crippen molar-refractivity contribution >= 4 is 5.97 Å². The molecule has 0 aliphatic rings. The zero-order valence-corrected chi connectivity index (χ0v) is 22.7. The molecule has 8 nitrogen and oxygen atoms in total. The smallest absolute Gasteiger partial charge is 0.308 e. The lowest BCUT2D eigenvalue weighted by Gasteiger charge is -2.08. The van der Waals surface area contributed by atoms with E-state index in [1.165, 1.54) is 57.8 Å². The standard InChI is InChI=1S/C27H54O8/c1-3-5-6-7-8-9-10-11-12-13-15-29-17-19-31-21-23-33-25-26-34-24-22-32-20-18-30-16-14-27(28)35-4-2/h3-26H2,1-2H3. The van der Waals surface area contributed by atoms with Crippen LogP contribution in [0.15, 0.2) is 0 Å². The van der Waals surface area contributed by atoms with E-state index >= 15 is 0 Å². The van der Waals surface area contributed by atoms with Crippen LogP contribution in [0.1, 0.15) is 84.5 Å². The van der Waals surface area contributed by atoms with E-state index in [1.54, 1.807) is 6.92 Å². The Hall–Kier alpha value is -0.770. The molecule has 0 aromatic carbocycles. The molecular formula is C27H54O8. The predicted molar refractivity (Wildman–Crippen MR) is 138 cm³/mol. The Balaban J connectivity index is 3.04. The molecule has 0 aliphatic carbocycles. The number of carbonyl (C=O) groups is 1. The summed E-state index contributed by atoms with van der Waals surface area (Å²) >= 11 is 0. The summed E-state index contributed by atoms with van der Waals surface area (Å²) in [6.07, 6.45) is 13.7. The first-order valence-electron chi connectivity index (χ1n) is 13.9. The van der Waals surface area contributed by atoms with Crippen LogP contribution in [0.5, 0.6) is 0 Å². The molecule has 0 aromatic heterocycles. The molecule has 0 saturated heterocycles. The van der Waals surface area contributed by atoms with E-state index in [0.717, 1.165) is 13.0 Å². The summed E-state index contributed by atoms with van der Waals surface area (Å²) in [5.41, 5.74) is 0. The average molecular weight is 507 g/mol. The van der Waals surface area contributed by atoms with Crippen molar-refractivity contribution in [1.29, 1.82) is 0 Å². The van der Waals surface area contributed by atoms with Crippen LogP contribution in [0, 0.1) is 0 Å². The Kier molecular flexibility index (Phi) is 30.6. The van der Waals surface area contributed by atoms with Gasteiger partial charge in [0.2, 0.25) is 0 Å². The van der Waals surface area contributed by atoms with Crippen molar-refractivity contribution in [2.24, 2.45) is 0 Å². The minimum atomic E-state index is -0.237. The maximum atomic E-state index is 11.1. The van der Waals surface area contributed by atoms with Gasteiger partial charge in [-0.3, -0.25) is 4.79 Å². The van der Waals surface area contributed by atoms with Crippen LogP contribution < -0.4 is 0 Å². The van der Waals surface area contributed by atoms with Gasteiger partial charge in [-0.25, -0.2) is 0 Å². The van der Waals surface area contributed by atoms with E-state index in [1.807, 2.05) is 0 Å². The highest BCUT2D eigenvalue weighted by atomic mass is 16.6. The van der Waals surface area contributed by atoms with Crippen LogP contribution in [-0.4, -0.2) is 91.9 Å². The zero-order chi connectivity index (χ0) is 25.5. The van der Waals surface area contributed by atoms with Gasteiger partial charge in [0.1, 0.15) is 0 Å². The third-order valence-electron chi connectivity index (χ3n) is 5.26. The van der Waals surface area contributed by atoms with E-state index < -0.39 is 0 Å². The predicted octanol–water partition coefficient (Wildman–Crippen LogP) is 4.96. The minimum absolute atomic E-state index is 0.237. The van der Waals surface area contributed by atoms with Gasteiger partial charge < -0.3 is 33.2 Å². The number of carbonyl (C=O) groups excluding carboxylic acids is 1. The van der Waals surface area contributed by atoms with E-state index in [2.05, 4.69) is 6.92 Å². The number of unbranched alkanes of at least 4 members (excludes halogenated alkanes) is 9. The maximum absolute atomic E-state index is 11.1. The second-order valence-corrected chi connectivity index (χ2v) is 8.41. The van der Waals surface area contributed by atoms with E-state index in [0.29, 0.717) is 79.3 Å². The molecule has 0 bridgehead atoms. The van der Waals surface area contributed by atoms with E-state index in [4.69, 9.17) is 33.2 Å². The maximum Gasteiger partial charge on any atom is 0.308 e. The Morgan fingerprint density at radius 1 is 0.429 bits per heavy atom. The highest BCUT2D eigenvalue weighted by Gasteiger charge is 2.00. The monoisotopic (exact) mass is 506 g/mol. The van der Waals surface area contributed by atoms with Crippen molar-refractivity contribution in [2.45, 2.75) is 84.5 Å². The van der Waals surface area contributed by atoms with Gasteiger partial charge in [-0.05, 0) is 13.3 Å². The highest BCUT2D eigenvalue weighted by molar-refractivity contribution is 5.69. The number of rotatable bonds is 30. The first kappa shape index (κ1) is 34.2. The normalized spacial score (nSPS) is 11.3. The molecule has 210 valence electrons. The zero-order valence-electron chi connectivity index (χ0n) is 22.7. The fourth-order valence-electron chi connectivity index (χ4n) is 3.28. The van der Waals surface area contributed by atoms with E-state index in [-0.39, 0.29) is 12.4 Å². The Morgan fingerprint density at radius 3 is 1.17 bits per heavy atom. The quantitative estimate of drug-likeness (QED) is 0.0999. The molecule has 0 atom stereocenters. The Morgan fingerprint density at radius 2 is 0.771 bits per heavy atom. The van der Waals surface area contributed by atoms with E-state index in [9.17, 15) is 4.79 Å².